The molecule has 26 heavy (non-hydrogen) atoms. The van der Waals surface area contributed by atoms with Gasteiger partial charge in [0.25, 0.3) is 5.78 Å². The van der Waals surface area contributed by atoms with Crippen molar-refractivity contribution < 1.29 is 23.0 Å². The lowest BCUT2D eigenvalue weighted by Gasteiger charge is -2.15. The molecule has 0 bridgehead atoms. The second-order valence-electron chi connectivity index (χ2n) is 5.66. The van der Waals surface area contributed by atoms with E-state index in [1.54, 1.807) is 6.07 Å². The van der Waals surface area contributed by atoms with Crippen molar-refractivity contribution in [2.75, 3.05) is 18.5 Å². The molecule has 2 N–H and O–H groups in total. The van der Waals surface area contributed by atoms with Gasteiger partial charge < -0.3 is 15.2 Å². The van der Waals surface area contributed by atoms with Crippen LogP contribution in [-0.2, 0) is 6.18 Å². The number of aliphatic hydroxyl groups is 1. The lowest BCUT2D eigenvalue weighted by atomic mass is 10.2. The molecule has 10 heteroatoms. The average Bonchev–Trinajstić information content (AvgIpc) is 3.06. The first-order valence-corrected chi connectivity index (χ1v) is 7.72. The first-order valence-electron chi connectivity index (χ1n) is 7.72. The van der Waals surface area contributed by atoms with E-state index in [1.165, 1.54) is 0 Å². The number of hydrogen-bond acceptors (Lipinski definition) is 6. The van der Waals surface area contributed by atoms with E-state index in [0.717, 1.165) is 22.5 Å². The second-order valence-corrected chi connectivity index (χ2v) is 5.66. The zero-order chi connectivity index (χ0) is 18.7. The minimum atomic E-state index is -4.61. The molecule has 2 aromatic heterocycles. The molecule has 0 aliphatic rings. The van der Waals surface area contributed by atoms with Gasteiger partial charge in [0.15, 0.2) is 5.69 Å². The topological polar surface area (TPSA) is 84.6 Å². The van der Waals surface area contributed by atoms with Gasteiger partial charge in [-0.2, -0.15) is 27.8 Å². The lowest BCUT2D eigenvalue weighted by molar-refractivity contribution is -0.141. The van der Waals surface area contributed by atoms with Crippen molar-refractivity contribution >= 4 is 11.6 Å². The third-order valence-corrected chi connectivity index (χ3v) is 3.49. The van der Waals surface area contributed by atoms with Gasteiger partial charge in [-0.25, -0.2) is 4.98 Å². The van der Waals surface area contributed by atoms with E-state index in [4.69, 9.17) is 4.74 Å². The van der Waals surface area contributed by atoms with Gasteiger partial charge in [0, 0.05) is 12.6 Å². The minimum Gasteiger partial charge on any atom is -0.491 e. The predicted octanol–water partition coefficient (Wildman–Crippen LogP) is 2.30. The van der Waals surface area contributed by atoms with Gasteiger partial charge in [-0.15, -0.1) is 0 Å². The fourth-order valence-electron chi connectivity index (χ4n) is 2.26. The number of nitrogens with zero attached hydrogens (tertiary/aromatic N) is 4. The highest BCUT2D eigenvalue weighted by Crippen LogP contribution is 2.29. The highest BCUT2D eigenvalue weighted by Gasteiger charge is 2.34. The quantitative estimate of drug-likeness (QED) is 0.696. The van der Waals surface area contributed by atoms with Crippen LogP contribution in [0.25, 0.3) is 5.78 Å². The Kier molecular flexibility index (Phi) is 4.94. The van der Waals surface area contributed by atoms with E-state index in [-0.39, 0.29) is 24.7 Å². The summed E-state index contributed by atoms with van der Waals surface area (Å²) in [6.07, 6.45) is -4.46. The molecule has 138 valence electrons. The van der Waals surface area contributed by atoms with Crippen molar-refractivity contribution in [3.63, 3.8) is 0 Å². The number of ether oxygens (including phenoxy) is 1. The molecule has 0 aliphatic heterocycles. The molecule has 0 aliphatic carbocycles. The lowest BCUT2D eigenvalue weighted by Crippen LogP contribution is -2.27. The van der Waals surface area contributed by atoms with E-state index in [1.807, 2.05) is 25.1 Å². The van der Waals surface area contributed by atoms with Crippen LogP contribution in [0.2, 0.25) is 0 Å². The molecule has 2 heterocycles. The monoisotopic (exact) mass is 367 g/mol. The number of halogens is 3. The van der Waals surface area contributed by atoms with Crippen LogP contribution < -0.4 is 10.1 Å². The molecule has 0 saturated heterocycles. The highest BCUT2D eigenvalue weighted by molar-refractivity contribution is 5.45. The van der Waals surface area contributed by atoms with Crippen LogP contribution >= 0.6 is 0 Å². The van der Waals surface area contributed by atoms with Crippen molar-refractivity contribution in [3.8, 4) is 5.75 Å². The number of anilines is 1. The van der Waals surface area contributed by atoms with Gasteiger partial charge >= 0.3 is 6.18 Å². The molecule has 3 rings (SSSR count). The Hall–Kier alpha value is -2.88. The van der Waals surface area contributed by atoms with Crippen LogP contribution in [0.15, 0.2) is 36.7 Å². The molecule has 0 fully saturated rings. The molecular weight excluding hydrogens is 351 g/mol. The van der Waals surface area contributed by atoms with Crippen LogP contribution in [0.1, 0.15) is 11.3 Å². The van der Waals surface area contributed by atoms with E-state index in [9.17, 15) is 18.3 Å². The summed E-state index contributed by atoms with van der Waals surface area (Å²) in [5, 5.41) is 16.6. The summed E-state index contributed by atoms with van der Waals surface area (Å²) < 4.78 is 45.4. The highest BCUT2D eigenvalue weighted by atomic mass is 19.4. The van der Waals surface area contributed by atoms with Gasteiger partial charge in [-0.3, -0.25) is 0 Å². The fraction of sp³-hybridized carbons (Fsp3) is 0.312. The molecule has 1 aromatic carbocycles. The van der Waals surface area contributed by atoms with Gasteiger partial charge in [-0.05, 0) is 24.6 Å². The summed E-state index contributed by atoms with van der Waals surface area (Å²) in [4.78, 5) is 7.09. The Morgan fingerprint density at radius 2 is 2.12 bits per heavy atom. The van der Waals surface area contributed by atoms with Gasteiger partial charge in [0.1, 0.15) is 30.6 Å². The summed E-state index contributed by atoms with van der Waals surface area (Å²) in [6, 6.07) is 8.13. The van der Waals surface area contributed by atoms with Crippen molar-refractivity contribution in [1.29, 1.82) is 0 Å². The van der Waals surface area contributed by atoms with Crippen LogP contribution in [0.3, 0.4) is 0 Å². The largest absolute Gasteiger partial charge is 0.491 e. The van der Waals surface area contributed by atoms with Crippen molar-refractivity contribution in [1.82, 2.24) is 19.6 Å². The number of rotatable bonds is 6. The number of fused-ring (bicyclic) bond motifs is 1. The fourth-order valence-corrected chi connectivity index (χ4v) is 2.26. The summed E-state index contributed by atoms with van der Waals surface area (Å²) in [5.41, 5.74) is -0.0776. The number of hydrogen-bond donors (Lipinski definition) is 2. The third kappa shape index (κ3) is 4.20. The zero-order valence-electron chi connectivity index (χ0n) is 13.7. The molecule has 0 amide bonds. The van der Waals surface area contributed by atoms with E-state index < -0.39 is 18.0 Å². The molecular formula is C16H16F3N5O2. The van der Waals surface area contributed by atoms with Crippen LogP contribution in [-0.4, -0.2) is 43.9 Å². The second kappa shape index (κ2) is 7.16. The molecule has 0 spiro atoms. The Labute approximate surface area is 146 Å². The Morgan fingerprint density at radius 1 is 1.31 bits per heavy atom. The predicted molar refractivity (Wildman–Crippen MR) is 87.0 cm³/mol. The smallest absolute Gasteiger partial charge is 0.433 e. The summed E-state index contributed by atoms with van der Waals surface area (Å²) in [5.74, 6) is 0.438. The van der Waals surface area contributed by atoms with Crippen molar-refractivity contribution in [2.45, 2.75) is 19.2 Å². The summed E-state index contributed by atoms with van der Waals surface area (Å²) in [6.45, 7) is 1.85. The zero-order valence-corrected chi connectivity index (χ0v) is 13.7. The Bertz CT molecular complexity index is 897. The summed E-state index contributed by atoms with van der Waals surface area (Å²) >= 11 is 0. The van der Waals surface area contributed by atoms with E-state index in [2.05, 4.69) is 20.4 Å². The number of aliphatic hydroxyl groups excluding tert-OH is 1. The number of aromatic nitrogens is 4. The number of alkyl halides is 3. The maximum absolute atomic E-state index is 12.9. The van der Waals surface area contributed by atoms with Crippen LogP contribution in [0.5, 0.6) is 5.75 Å². The van der Waals surface area contributed by atoms with Gasteiger partial charge in [0.05, 0.1) is 0 Å². The maximum atomic E-state index is 12.9. The van der Waals surface area contributed by atoms with Crippen LogP contribution in [0, 0.1) is 6.92 Å². The average molecular weight is 367 g/mol. The molecule has 1 atom stereocenters. The standard InChI is InChI=1S/C16H16F3N5O2/c1-10-3-2-4-12(5-10)26-8-11(25)7-20-14-6-13(16(17,18)19)23-15-21-9-22-24(14)15/h2-6,9,11,20,25H,7-8H2,1H3. The number of aryl methyl sites for hydroxylation is 1. The van der Waals surface area contributed by atoms with Gasteiger partial charge in [0.2, 0.25) is 0 Å². The first-order chi connectivity index (χ1) is 12.3. The molecule has 7 nitrogen and oxygen atoms in total. The van der Waals surface area contributed by atoms with Gasteiger partial charge in [-0.1, -0.05) is 12.1 Å². The Balaban J connectivity index is 1.66. The molecule has 0 radical (unpaired) electrons. The third-order valence-electron chi connectivity index (χ3n) is 3.49. The minimum absolute atomic E-state index is 0.0197. The normalized spacial score (nSPS) is 13.0. The molecule has 3 aromatic rings. The van der Waals surface area contributed by atoms with Crippen molar-refractivity contribution in [2.24, 2.45) is 0 Å². The van der Waals surface area contributed by atoms with E-state index >= 15 is 0 Å². The number of nitrogens with one attached hydrogen (secondary N) is 1. The van der Waals surface area contributed by atoms with Crippen molar-refractivity contribution in [3.05, 3.63) is 47.9 Å². The van der Waals surface area contributed by atoms with Crippen LogP contribution in [0.4, 0.5) is 19.0 Å². The summed E-state index contributed by atoms with van der Waals surface area (Å²) in [7, 11) is 0. The van der Waals surface area contributed by atoms with E-state index in [0.29, 0.717) is 5.75 Å². The number of benzene rings is 1. The Morgan fingerprint density at radius 3 is 2.85 bits per heavy atom. The first kappa shape index (κ1) is 17.9. The SMILES string of the molecule is Cc1cccc(OCC(O)CNc2cc(C(F)(F)F)nc3ncnn23)c1. The molecule has 0 saturated carbocycles. The maximum Gasteiger partial charge on any atom is 0.433 e. The molecule has 1 unspecified atom stereocenters.